The minimum atomic E-state index is 0.276. The lowest BCUT2D eigenvalue weighted by Crippen LogP contribution is -2.49. The first-order valence-corrected chi connectivity index (χ1v) is 6.45. The molecular formula is C13H28N2. The van der Waals surface area contributed by atoms with Crippen molar-refractivity contribution in [2.75, 3.05) is 19.6 Å². The first-order valence-electron chi connectivity index (χ1n) is 6.45. The van der Waals surface area contributed by atoms with Gasteiger partial charge >= 0.3 is 0 Å². The fraction of sp³-hybridized carbons (Fsp3) is 1.00. The average Bonchev–Trinajstić information content (AvgIpc) is 2.36. The summed E-state index contributed by atoms with van der Waals surface area (Å²) in [7, 11) is 0. The Labute approximate surface area is 95.4 Å². The summed E-state index contributed by atoms with van der Waals surface area (Å²) in [6.45, 7) is 15.3. The summed E-state index contributed by atoms with van der Waals surface area (Å²) in [6.07, 6.45) is 2.57. The van der Waals surface area contributed by atoms with Gasteiger partial charge in [-0.15, -0.1) is 0 Å². The molecule has 1 saturated heterocycles. The molecule has 15 heavy (non-hydrogen) atoms. The maximum atomic E-state index is 3.62. The third-order valence-corrected chi connectivity index (χ3v) is 3.87. The zero-order valence-corrected chi connectivity index (χ0v) is 11.1. The van der Waals surface area contributed by atoms with Crippen LogP contribution in [-0.2, 0) is 0 Å². The van der Waals surface area contributed by atoms with E-state index in [4.69, 9.17) is 0 Å². The molecule has 0 radical (unpaired) electrons. The van der Waals surface area contributed by atoms with Crippen molar-refractivity contribution >= 4 is 0 Å². The van der Waals surface area contributed by atoms with Crippen molar-refractivity contribution in [1.29, 1.82) is 0 Å². The smallest absolute Gasteiger partial charge is 0.0252 e. The highest BCUT2D eigenvalue weighted by molar-refractivity contribution is 4.87. The minimum absolute atomic E-state index is 0.276. The minimum Gasteiger partial charge on any atom is -0.310 e. The van der Waals surface area contributed by atoms with Crippen LogP contribution in [0.3, 0.4) is 0 Å². The molecule has 2 nitrogen and oxygen atoms in total. The summed E-state index contributed by atoms with van der Waals surface area (Å²) in [6, 6.07) is 0.717. The Bertz CT molecular complexity index is 189. The molecule has 1 fully saturated rings. The molecule has 90 valence electrons. The van der Waals surface area contributed by atoms with E-state index in [0.717, 1.165) is 12.5 Å². The van der Waals surface area contributed by atoms with E-state index in [0.29, 0.717) is 6.04 Å². The number of hydrogen-bond acceptors (Lipinski definition) is 2. The normalized spacial score (nSPS) is 27.0. The van der Waals surface area contributed by atoms with Crippen LogP contribution in [-0.4, -0.2) is 36.1 Å². The second-order valence-electron chi connectivity index (χ2n) is 5.76. The molecule has 0 spiro atoms. The molecule has 0 bridgehead atoms. The van der Waals surface area contributed by atoms with Gasteiger partial charge in [0.2, 0.25) is 0 Å². The van der Waals surface area contributed by atoms with Crippen LogP contribution >= 0.6 is 0 Å². The van der Waals surface area contributed by atoms with Crippen molar-refractivity contribution in [2.45, 2.75) is 59.0 Å². The third-order valence-electron chi connectivity index (χ3n) is 3.87. The highest BCUT2D eigenvalue weighted by Gasteiger charge is 2.28. The first kappa shape index (κ1) is 13.0. The Morgan fingerprint density at radius 2 is 2.00 bits per heavy atom. The van der Waals surface area contributed by atoms with Crippen LogP contribution in [0.15, 0.2) is 0 Å². The monoisotopic (exact) mass is 212 g/mol. The molecule has 1 aliphatic rings. The summed E-state index contributed by atoms with van der Waals surface area (Å²) in [4.78, 5) is 2.66. The molecule has 0 aromatic carbocycles. The molecule has 0 aromatic heterocycles. The molecule has 2 atom stereocenters. The van der Waals surface area contributed by atoms with Crippen molar-refractivity contribution in [2.24, 2.45) is 5.92 Å². The lowest BCUT2D eigenvalue weighted by molar-refractivity contribution is 0.138. The highest BCUT2D eigenvalue weighted by atomic mass is 15.2. The molecule has 2 unspecified atom stereocenters. The molecule has 2 heteroatoms. The van der Waals surface area contributed by atoms with E-state index in [-0.39, 0.29) is 5.54 Å². The van der Waals surface area contributed by atoms with Crippen LogP contribution in [0.5, 0.6) is 0 Å². The lowest BCUT2D eigenvalue weighted by Gasteiger charge is -2.36. The summed E-state index contributed by atoms with van der Waals surface area (Å²) in [5.74, 6) is 0.805. The van der Waals surface area contributed by atoms with Gasteiger partial charge in [0.15, 0.2) is 0 Å². The summed E-state index contributed by atoms with van der Waals surface area (Å²) >= 11 is 0. The van der Waals surface area contributed by atoms with Gasteiger partial charge in [-0.05, 0) is 46.2 Å². The molecule has 0 amide bonds. The topological polar surface area (TPSA) is 15.3 Å². The molecular weight excluding hydrogens is 184 g/mol. The zero-order chi connectivity index (χ0) is 11.5. The van der Waals surface area contributed by atoms with E-state index in [2.05, 4.69) is 44.8 Å². The summed E-state index contributed by atoms with van der Waals surface area (Å²) in [5.41, 5.74) is 0.276. The predicted octanol–water partition coefficient (Wildman–Crippen LogP) is 2.49. The van der Waals surface area contributed by atoms with Crippen LogP contribution in [0.25, 0.3) is 0 Å². The zero-order valence-electron chi connectivity index (χ0n) is 11.1. The fourth-order valence-electron chi connectivity index (χ4n) is 2.40. The Balaban J connectivity index is 2.59. The first-order chi connectivity index (χ1) is 6.96. The van der Waals surface area contributed by atoms with E-state index in [1.165, 1.54) is 25.9 Å². The largest absolute Gasteiger partial charge is 0.310 e. The maximum Gasteiger partial charge on any atom is 0.0252 e. The number of hydrogen-bond donors (Lipinski definition) is 1. The van der Waals surface area contributed by atoms with Crippen LogP contribution in [0.2, 0.25) is 0 Å². The fourth-order valence-corrected chi connectivity index (χ4v) is 2.40. The van der Waals surface area contributed by atoms with Crippen LogP contribution in [0.4, 0.5) is 0 Å². The van der Waals surface area contributed by atoms with Gasteiger partial charge in [0.25, 0.3) is 0 Å². The average molecular weight is 212 g/mol. The molecule has 1 heterocycles. The number of nitrogens with zero attached hydrogens (tertiary/aromatic N) is 1. The predicted molar refractivity (Wildman–Crippen MR) is 67.2 cm³/mol. The van der Waals surface area contributed by atoms with Gasteiger partial charge in [-0.2, -0.15) is 0 Å². The van der Waals surface area contributed by atoms with Crippen molar-refractivity contribution in [3.63, 3.8) is 0 Å². The van der Waals surface area contributed by atoms with Crippen molar-refractivity contribution in [3.8, 4) is 0 Å². The maximum absolute atomic E-state index is 3.62. The molecule has 1 rings (SSSR count). The molecule has 1 aliphatic heterocycles. The van der Waals surface area contributed by atoms with E-state index < -0.39 is 0 Å². The van der Waals surface area contributed by atoms with Gasteiger partial charge in [-0.1, -0.05) is 20.3 Å². The van der Waals surface area contributed by atoms with Crippen LogP contribution < -0.4 is 5.32 Å². The number of nitrogens with one attached hydrogen (secondary N) is 1. The van der Waals surface area contributed by atoms with E-state index >= 15 is 0 Å². The quantitative estimate of drug-likeness (QED) is 0.773. The van der Waals surface area contributed by atoms with Crippen molar-refractivity contribution in [1.82, 2.24) is 10.2 Å². The Morgan fingerprint density at radius 3 is 2.60 bits per heavy atom. The Kier molecular flexibility index (Phi) is 4.60. The standard InChI is InChI=1S/C13H28N2/c1-6-11(2)12(3)15-9-7-8-14-13(4,5)10-15/h11-12,14H,6-10H2,1-5H3. The lowest BCUT2D eigenvalue weighted by atomic mass is 9.97. The molecule has 0 aromatic rings. The Morgan fingerprint density at radius 1 is 1.33 bits per heavy atom. The van der Waals surface area contributed by atoms with Gasteiger partial charge in [0.05, 0.1) is 0 Å². The summed E-state index contributed by atoms with van der Waals surface area (Å²) < 4.78 is 0. The van der Waals surface area contributed by atoms with Crippen molar-refractivity contribution in [3.05, 3.63) is 0 Å². The second-order valence-corrected chi connectivity index (χ2v) is 5.76. The Hall–Kier alpha value is -0.0800. The van der Waals surface area contributed by atoms with Crippen molar-refractivity contribution < 1.29 is 0 Å². The van der Waals surface area contributed by atoms with Gasteiger partial charge in [0, 0.05) is 18.1 Å². The van der Waals surface area contributed by atoms with Gasteiger partial charge in [0.1, 0.15) is 0 Å². The number of rotatable bonds is 3. The highest BCUT2D eigenvalue weighted by Crippen LogP contribution is 2.19. The molecule has 0 saturated carbocycles. The van der Waals surface area contributed by atoms with Gasteiger partial charge in [-0.3, -0.25) is 4.90 Å². The van der Waals surface area contributed by atoms with Crippen LogP contribution in [0.1, 0.15) is 47.5 Å². The third kappa shape index (κ3) is 3.76. The van der Waals surface area contributed by atoms with Gasteiger partial charge in [-0.25, -0.2) is 0 Å². The van der Waals surface area contributed by atoms with E-state index in [1.807, 2.05) is 0 Å². The SMILES string of the molecule is CCC(C)C(C)N1CCCNC(C)(C)C1. The van der Waals surface area contributed by atoms with E-state index in [9.17, 15) is 0 Å². The summed E-state index contributed by atoms with van der Waals surface area (Å²) in [5, 5.41) is 3.62. The second kappa shape index (κ2) is 5.31. The van der Waals surface area contributed by atoms with Gasteiger partial charge < -0.3 is 5.32 Å². The molecule has 0 aliphatic carbocycles. The van der Waals surface area contributed by atoms with Crippen LogP contribution in [0, 0.1) is 5.92 Å². The van der Waals surface area contributed by atoms with E-state index in [1.54, 1.807) is 0 Å². The molecule has 1 N–H and O–H groups in total.